The molecule has 3 rings (SSSR count). The quantitative estimate of drug-likeness (QED) is 0.855. The lowest BCUT2D eigenvalue weighted by Gasteiger charge is -2.24. The van der Waals surface area contributed by atoms with E-state index in [2.05, 4.69) is 0 Å². The molecular weight excluding hydrogens is 336 g/mol. The second-order valence-corrected chi connectivity index (χ2v) is 6.93. The Balaban J connectivity index is 1.61. The number of benzene rings is 2. The van der Waals surface area contributed by atoms with Crippen molar-refractivity contribution in [2.24, 2.45) is 5.73 Å². The average molecular weight is 356 g/mol. The number of ether oxygens (including phenoxy) is 1. The van der Waals surface area contributed by atoms with E-state index in [1.807, 2.05) is 59.5 Å². The van der Waals surface area contributed by atoms with E-state index >= 15 is 0 Å². The van der Waals surface area contributed by atoms with E-state index in [-0.39, 0.29) is 11.9 Å². The van der Waals surface area contributed by atoms with Crippen LogP contribution in [0.1, 0.15) is 18.4 Å². The van der Waals surface area contributed by atoms with Gasteiger partial charge < -0.3 is 15.4 Å². The van der Waals surface area contributed by atoms with Crippen LogP contribution in [0.3, 0.4) is 0 Å². The highest BCUT2D eigenvalue weighted by molar-refractivity contribution is 8.13. The molecule has 0 aromatic heterocycles. The van der Waals surface area contributed by atoms with Gasteiger partial charge in [0, 0.05) is 24.8 Å². The Morgan fingerprint density at radius 3 is 2.48 bits per heavy atom. The fourth-order valence-corrected chi connectivity index (χ4v) is 3.55. The molecule has 2 aromatic carbocycles. The Kier molecular flexibility index (Phi) is 5.60. The number of para-hydroxylation sites is 1. The zero-order chi connectivity index (χ0) is 17.6. The highest BCUT2D eigenvalue weighted by Crippen LogP contribution is 2.26. The molecule has 1 fully saturated rings. The minimum absolute atomic E-state index is 0.0604. The second-order valence-electron chi connectivity index (χ2n) is 5.90. The Labute approximate surface area is 151 Å². The normalized spacial score (nSPS) is 16.9. The highest BCUT2D eigenvalue weighted by atomic mass is 32.2. The molecule has 25 heavy (non-hydrogen) atoms. The van der Waals surface area contributed by atoms with E-state index in [0.29, 0.717) is 18.7 Å². The summed E-state index contributed by atoms with van der Waals surface area (Å²) in [5.74, 6) is 2.22. The Hall–Kier alpha value is -2.47. The third kappa shape index (κ3) is 4.76. The summed E-state index contributed by atoms with van der Waals surface area (Å²) in [6, 6.07) is 17.4. The first kappa shape index (κ1) is 17.4. The van der Waals surface area contributed by atoms with E-state index in [0.717, 1.165) is 35.2 Å². The molecule has 5 nitrogen and oxygen atoms in total. The molecule has 1 aliphatic heterocycles. The SMILES string of the molecule is NC(=O)SCC1CCC(=O)N1Cc1ccc(Oc2ccccc2)cc1. The number of hydrogen-bond acceptors (Lipinski definition) is 4. The summed E-state index contributed by atoms with van der Waals surface area (Å²) in [6.07, 6.45) is 1.30. The van der Waals surface area contributed by atoms with Crippen LogP contribution in [0.5, 0.6) is 11.5 Å². The Morgan fingerprint density at radius 1 is 1.12 bits per heavy atom. The van der Waals surface area contributed by atoms with Gasteiger partial charge in [0.05, 0.1) is 0 Å². The fraction of sp³-hybridized carbons (Fsp3) is 0.263. The minimum Gasteiger partial charge on any atom is -0.457 e. The molecular formula is C19H20N2O3S. The average Bonchev–Trinajstić information content (AvgIpc) is 2.96. The highest BCUT2D eigenvalue weighted by Gasteiger charge is 2.31. The van der Waals surface area contributed by atoms with Crippen LogP contribution in [0.15, 0.2) is 54.6 Å². The standard InChI is InChI=1S/C19H20N2O3S/c20-19(23)25-13-15-8-11-18(22)21(15)12-14-6-9-17(10-7-14)24-16-4-2-1-3-5-16/h1-7,9-10,15H,8,11-13H2,(H2,20,23). The molecule has 6 heteroatoms. The molecule has 0 spiro atoms. The number of rotatable bonds is 6. The number of likely N-dealkylation sites (tertiary alicyclic amines) is 1. The van der Waals surface area contributed by atoms with Gasteiger partial charge in [0.2, 0.25) is 5.91 Å². The first-order valence-corrected chi connectivity index (χ1v) is 9.14. The lowest BCUT2D eigenvalue weighted by Crippen LogP contribution is -2.34. The van der Waals surface area contributed by atoms with Crippen molar-refractivity contribution in [3.8, 4) is 11.5 Å². The minimum atomic E-state index is -0.401. The molecule has 2 amide bonds. The smallest absolute Gasteiger partial charge is 0.276 e. The van der Waals surface area contributed by atoms with Crippen LogP contribution in [0.2, 0.25) is 0 Å². The summed E-state index contributed by atoms with van der Waals surface area (Å²) in [7, 11) is 0. The number of hydrogen-bond donors (Lipinski definition) is 1. The largest absolute Gasteiger partial charge is 0.457 e. The van der Waals surface area contributed by atoms with Crippen LogP contribution < -0.4 is 10.5 Å². The van der Waals surface area contributed by atoms with Gasteiger partial charge in [0.25, 0.3) is 5.24 Å². The summed E-state index contributed by atoms with van der Waals surface area (Å²) in [6.45, 7) is 0.536. The van der Waals surface area contributed by atoms with Crippen LogP contribution in [-0.2, 0) is 11.3 Å². The van der Waals surface area contributed by atoms with E-state index < -0.39 is 5.24 Å². The third-order valence-electron chi connectivity index (χ3n) is 4.13. The lowest BCUT2D eigenvalue weighted by molar-refractivity contribution is -0.129. The van der Waals surface area contributed by atoms with Crippen molar-refractivity contribution in [3.05, 3.63) is 60.2 Å². The Morgan fingerprint density at radius 2 is 1.80 bits per heavy atom. The molecule has 1 unspecified atom stereocenters. The van der Waals surface area contributed by atoms with Gasteiger partial charge in [-0.2, -0.15) is 0 Å². The predicted octanol–water partition coefficient (Wildman–Crippen LogP) is 3.78. The topological polar surface area (TPSA) is 72.6 Å². The number of nitrogens with zero attached hydrogens (tertiary/aromatic N) is 1. The van der Waals surface area contributed by atoms with Crippen LogP contribution >= 0.6 is 11.8 Å². The van der Waals surface area contributed by atoms with E-state index in [9.17, 15) is 9.59 Å². The van der Waals surface area contributed by atoms with Crippen molar-refractivity contribution in [2.45, 2.75) is 25.4 Å². The van der Waals surface area contributed by atoms with Gasteiger partial charge in [-0.25, -0.2) is 0 Å². The molecule has 1 aliphatic rings. The number of carbonyl (C=O) groups is 2. The number of thioether (sulfide) groups is 1. The lowest BCUT2D eigenvalue weighted by atomic mass is 10.2. The molecule has 1 atom stereocenters. The molecule has 130 valence electrons. The number of amides is 2. The van der Waals surface area contributed by atoms with Gasteiger partial charge in [-0.05, 0) is 36.2 Å². The summed E-state index contributed by atoms with van der Waals surface area (Å²) in [4.78, 5) is 24.9. The van der Waals surface area contributed by atoms with Gasteiger partial charge in [-0.15, -0.1) is 0 Å². The summed E-state index contributed by atoms with van der Waals surface area (Å²) < 4.78 is 5.78. The number of nitrogens with two attached hydrogens (primary N) is 1. The number of primary amides is 1. The number of carbonyl (C=O) groups excluding carboxylic acids is 2. The summed E-state index contributed by atoms with van der Waals surface area (Å²) in [5.41, 5.74) is 6.22. The third-order valence-corrected chi connectivity index (χ3v) is 4.96. The molecule has 2 N–H and O–H groups in total. The molecule has 2 aromatic rings. The first-order valence-electron chi connectivity index (χ1n) is 8.15. The molecule has 0 bridgehead atoms. The van der Waals surface area contributed by atoms with Gasteiger partial charge in [0.1, 0.15) is 11.5 Å². The van der Waals surface area contributed by atoms with Crippen LogP contribution in [0, 0.1) is 0 Å². The second kappa shape index (κ2) is 8.07. The van der Waals surface area contributed by atoms with Crippen molar-refractivity contribution in [1.82, 2.24) is 4.90 Å². The first-order chi connectivity index (χ1) is 12.1. The van der Waals surface area contributed by atoms with Crippen molar-refractivity contribution in [3.63, 3.8) is 0 Å². The van der Waals surface area contributed by atoms with Crippen molar-refractivity contribution in [2.75, 3.05) is 5.75 Å². The zero-order valence-corrected chi connectivity index (χ0v) is 14.6. The van der Waals surface area contributed by atoms with Gasteiger partial charge in [0.15, 0.2) is 0 Å². The van der Waals surface area contributed by atoms with E-state index in [4.69, 9.17) is 10.5 Å². The maximum Gasteiger partial charge on any atom is 0.276 e. The van der Waals surface area contributed by atoms with Gasteiger partial charge in [-0.3, -0.25) is 9.59 Å². The fourth-order valence-electron chi connectivity index (χ4n) is 2.85. The maximum absolute atomic E-state index is 12.1. The van der Waals surface area contributed by atoms with Crippen molar-refractivity contribution in [1.29, 1.82) is 0 Å². The monoisotopic (exact) mass is 356 g/mol. The van der Waals surface area contributed by atoms with Crippen molar-refractivity contribution >= 4 is 22.9 Å². The maximum atomic E-state index is 12.1. The predicted molar refractivity (Wildman–Crippen MR) is 98.6 cm³/mol. The molecule has 0 radical (unpaired) electrons. The van der Waals surface area contributed by atoms with Gasteiger partial charge >= 0.3 is 0 Å². The van der Waals surface area contributed by atoms with E-state index in [1.165, 1.54) is 0 Å². The van der Waals surface area contributed by atoms with Crippen molar-refractivity contribution < 1.29 is 14.3 Å². The molecule has 0 aliphatic carbocycles. The molecule has 1 saturated heterocycles. The summed E-state index contributed by atoms with van der Waals surface area (Å²) in [5, 5.41) is -0.401. The van der Waals surface area contributed by atoms with Crippen LogP contribution in [0.25, 0.3) is 0 Å². The molecule has 0 saturated carbocycles. The Bertz CT molecular complexity index is 734. The summed E-state index contributed by atoms with van der Waals surface area (Å²) >= 11 is 1.07. The zero-order valence-electron chi connectivity index (χ0n) is 13.8. The van der Waals surface area contributed by atoms with E-state index in [1.54, 1.807) is 0 Å². The van der Waals surface area contributed by atoms with Crippen LogP contribution in [0.4, 0.5) is 4.79 Å². The van der Waals surface area contributed by atoms with Gasteiger partial charge in [-0.1, -0.05) is 42.1 Å². The molecule has 1 heterocycles. The van der Waals surface area contributed by atoms with Crippen LogP contribution in [-0.4, -0.2) is 27.8 Å².